The predicted molar refractivity (Wildman–Crippen MR) is 110 cm³/mol. The Balaban J connectivity index is 1.64. The number of nitriles is 1. The van der Waals surface area contributed by atoms with Crippen LogP contribution in [0.1, 0.15) is 28.6 Å². The molecule has 1 atom stereocenters. The molecule has 158 valence electrons. The molecule has 1 N–H and O–H groups in total. The Labute approximate surface area is 180 Å². The van der Waals surface area contributed by atoms with E-state index in [1.165, 1.54) is 6.07 Å². The fourth-order valence-electron chi connectivity index (χ4n) is 3.65. The standard InChI is InChI=1S/C23H14F3N5O/c1-12-21-20(30-16-8-7-14(23(24,25)26)10-18(16)32-21)15-5-2-6-17(31-22(15)29-12)19-13(11-27)4-3-9-28-19/h2-10,17,30H,1H3. The Kier molecular flexibility index (Phi) is 4.44. The number of aromatic nitrogens is 2. The van der Waals surface area contributed by atoms with Gasteiger partial charge in [0.15, 0.2) is 17.0 Å². The Morgan fingerprint density at radius 2 is 2.06 bits per heavy atom. The number of nitrogens with zero attached hydrogens (tertiary/aromatic N) is 4. The maximum absolute atomic E-state index is 13.1. The number of halogens is 3. The fraction of sp³-hybridized carbons (Fsp3) is 0.130. The summed E-state index contributed by atoms with van der Waals surface area (Å²) in [5, 5.41) is 13.2. The predicted octanol–water partition coefficient (Wildman–Crippen LogP) is 4.24. The highest BCUT2D eigenvalue weighted by molar-refractivity contribution is 5.77. The normalized spacial score (nSPS) is 16.0. The van der Waals surface area contributed by atoms with E-state index in [-0.39, 0.29) is 5.75 Å². The number of benzene rings is 1. The molecule has 5 rings (SSSR count). The molecule has 3 aromatic rings. The lowest BCUT2D eigenvalue weighted by atomic mass is 10.1. The Hall–Kier alpha value is -4.19. The molecule has 0 radical (unpaired) electrons. The molecular weight excluding hydrogens is 419 g/mol. The third-order valence-electron chi connectivity index (χ3n) is 5.18. The van der Waals surface area contributed by atoms with E-state index in [0.717, 1.165) is 12.1 Å². The SMILES string of the molecule is Cc1nc2c(c3c1Oc1cc(C(F)(F)F)ccc1N3)=CC=CC(c1ncccc1C#N)N=2. The molecule has 9 heteroatoms. The molecule has 0 bridgehead atoms. The lowest BCUT2D eigenvalue weighted by molar-refractivity contribution is -0.137. The summed E-state index contributed by atoms with van der Waals surface area (Å²) >= 11 is 0. The molecule has 0 fully saturated rings. The highest BCUT2D eigenvalue weighted by Gasteiger charge is 2.32. The lowest BCUT2D eigenvalue weighted by Crippen LogP contribution is -2.33. The van der Waals surface area contributed by atoms with Gasteiger partial charge in [-0.15, -0.1) is 0 Å². The van der Waals surface area contributed by atoms with Crippen LogP contribution in [0, 0.1) is 18.3 Å². The van der Waals surface area contributed by atoms with Crippen LogP contribution in [0.15, 0.2) is 53.7 Å². The van der Waals surface area contributed by atoms with Crippen LogP contribution < -0.4 is 20.8 Å². The second-order valence-corrected chi connectivity index (χ2v) is 7.25. The molecule has 6 nitrogen and oxygen atoms in total. The first-order chi connectivity index (χ1) is 15.3. The summed E-state index contributed by atoms with van der Waals surface area (Å²) in [6.45, 7) is 1.70. The van der Waals surface area contributed by atoms with Crippen LogP contribution in [0.5, 0.6) is 11.5 Å². The number of hydrogen-bond donors (Lipinski definition) is 1. The minimum atomic E-state index is -4.47. The van der Waals surface area contributed by atoms with Crippen LogP contribution >= 0.6 is 0 Å². The molecule has 0 saturated carbocycles. The van der Waals surface area contributed by atoms with Crippen molar-refractivity contribution in [2.45, 2.75) is 19.1 Å². The first-order valence-corrected chi connectivity index (χ1v) is 9.63. The summed E-state index contributed by atoms with van der Waals surface area (Å²) < 4.78 is 45.1. The minimum absolute atomic E-state index is 0.0725. The second kappa shape index (κ2) is 7.20. The summed E-state index contributed by atoms with van der Waals surface area (Å²) in [4.78, 5) is 13.5. The zero-order chi connectivity index (χ0) is 22.5. The van der Waals surface area contributed by atoms with Crippen LogP contribution in [0.25, 0.3) is 6.08 Å². The van der Waals surface area contributed by atoms with E-state index in [0.29, 0.717) is 44.8 Å². The molecule has 0 amide bonds. The second-order valence-electron chi connectivity index (χ2n) is 7.25. The highest BCUT2D eigenvalue weighted by atomic mass is 19.4. The van der Waals surface area contributed by atoms with Gasteiger partial charge in [0.25, 0.3) is 0 Å². The third-order valence-corrected chi connectivity index (χ3v) is 5.18. The van der Waals surface area contributed by atoms with Crippen molar-refractivity contribution in [1.29, 1.82) is 5.26 Å². The summed E-state index contributed by atoms with van der Waals surface area (Å²) in [7, 11) is 0. The molecule has 1 unspecified atom stereocenters. The van der Waals surface area contributed by atoms with Gasteiger partial charge in [-0.3, -0.25) is 9.98 Å². The minimum Gasteiger partial charge on any atom is -0.451 e. The van der Waals surface area contributed by atoms with Crippen LogP contribution in [-0.2, 0) is 6.18 Å². The Morgan fingerprint density at radius 1 is 1.22 bits per heavy atom. The molecule has 0 aliphatic carbocycles. The number of fused-ring (bicyclic) bond motifs is 4. The van der Waals surface area contributed by atoms with E-state index in [4.69, 9.17) is 9.73 Å². The smallest absolute Gasteiger partial charge is 0.416 e. The zero-order valence-electron chi connectivity index (χ0n) is 16.6. The number of alkyl halides is 3. The molecule has 2 aliphatic heterocycles. The molecule has 0 spiro atoms. The van der Waals surface area contributed by atoms with Gasteiger partial charge in [-0.1, -0.05) is 12.2 Å². The number of allylic oxidation sites excluding steroid dienone is 1. The van der Waals surface area contributed by atoms with Crippen molar-refractivity contribution in [3.63, 3.8) is 0 Å². The van der Waals surface area contributed by atoms with Gasteiger partial charge in [0.05, 0.1) is 33.9 Å². The van der Waals surface area contributed by atoms with Crippen molar-refractivity contribution in [2.75, 3.05) is 5.32 Å². The molecule has 2 aromatic heterocycles. The monoisotopic (exact) mass is 433 g/mol. The first-order valence-electron chi connectivity index (χ1n) is 9.63. The largest absolute Gasteiger partial charge is 0.451 e. The van der Waals surface area contributed by atoms with E-state index >= 15 is 0 Å². The summed E-state index contributed by atoms with van der Waals surface area (Å²) in [6.07, 6.45) is 2.52. The quantitative estimate of drug-likeness (QED) is 0.486. The maximum atomic E-state index is 13.1. The summed E-state index contributed by atoms with van der Waals surface area (Å²) in [5.74, 6) is 0.410. The van der Waals surface area contributed by atoms with Gasteiger partial charge in [-0.05, 0) is 43.3 Å². The van der Waals surface area contributed by atoms with E-state index in [2.05, 4.69) is 21.4 Å². The van der Waals surface area contributed by atoms with E-state index < -0.39 is 17.8 Å². The molecular formula is C23H14F3N5O. The third kappa shape index (κ3) is 3.26. The number of aryl methyl sites for hydroxylation is 1. The summed E-state index contributed by atoms with van der Waals surface area (Å²) in [5.41, 5.74) is 1.99. The average molecular weight is 433 g/mol. The maximum Gasteiger partial charge on any atom is 0.416 e. The Morgan fingerprint density at radius 3 is 2.84 bits per heavy atom. The lowest BCUT2D eigenvalue weighted by Gasteiger charge is -2.24. The number of pyridine rings is 2. The summed E-state index contributed by atoms with van der Waals surface area (Å²) in [6, 6.07) is 8.27. The van der Waals surface area contributed by atoms with Crippen molar-refractivity contribution in [3.05, 3.63) is 81.9 Å². The van der Waals surface area contributed by atoms with Gasteiger partial charge in [-0.2, -0.15) is 18.4 Å². The molecule has 0 saturated heterocycles. The zero-order valence-corrected chi connectivity index (χ0v) is 16.6. The van der Waals surface area contributed by atoms with E-state index in [1.807, 2.05) is 0 Å². The number of hydrogen-bond acceptors (Lipinski definition) is 6. The number of nitrogens with one attached hydrogen (secondary N) is 1. The van der Waals surface area contributed by atoms with Crippen molar-refractivity contribution in [1.82, 2.24) is 9.97 Å². The molecule has 1 aromatic carbocycles. The van der Waals surface area contributed by atoms with Crippen molar-refractivity contribution >= 4 is 17.5 Å². The van der Waals surface area contributed by atoms with Gasteiger partial charge in [0.2, 0.25) is 0 Å². The number of anilines is 2. The topological polar surface area (TPSA) is 83.2 Å². The van der Waals surface area contributed by atoms with Crippen LogP contribution in [0.3, 0.4) is 0 Å². The van der Waals surface area contributed by atoms with Crippen LogP contribution in [0.4, 0.5) is 24.5 Å². The Bertz CT molecular complexity index is 1450. The van der Waals surface area contributed by atoms with E-state index in [1.54, 1.807) is 43.5 Å². The van der Waals surface area contributed by atoms with Crippen LogP contribution in [0.2, 0.25) is 0 Å². The fourth-order valence-corrected chi connectivity index (χ4v) is 3.65. The van der Waals surface area contributed by atoms with Gasteiger partial charge in [-0.25, -0.2) is 4.98 Å². The molecule has 32 heavy (non-hydrogen) atoms. The molecule has 2 aliphatic rings. The highest BCUT2D eigenvalue weighted by Crippen LogP contribution is 2.43. The van der Waals surface area contributed by atoms with Gasteiger partial charge in [0, 0.05) is 11.4 Å². The van der Waals surface area contributed by atoms with Gasteiger partial charge < -0.3 is 10.1 Å². The van der Waals surface area contributed by atoms with Gasteiger partial charge >= 0.3 is 6.18 Å². The van der Waals surface area contributed by atoms with Crippen molar-refractivity contribution in [3.8, 4) is 17.6 Å². The number of rotatable bonds is 1. The average Bonchev–Trinajstić information content (AvgIpc) is 2.99. The van der Waals surface area contributed by atoms with E-state index in [9.17, 15) is 18.4 Å². The number of ether oxygens (including phenoxy) is 1. The van der Waals surface area contributed by atoms with Gasteiger partial charge in [0.1, 0.15) is 12.1 Å². The van der Waals surface area contributed by atoms with Crippen LogP contribution in [-0.4, -0.2) is 9.97 Å². The van der Waals surface area contributed by atoms with Crippen molar-refractivity contribution < 1.29 is 17.9 Å². The first kappa shape index (κ1) is 19.8. The molecule has 4 heterocycles. The van der Waals surface area contributed by atoms with Crippen molar-refractivity contribution in [2.24, 2.45) is 4.99 Å².